The van der Waals surface area contributed by atoms with Crippen LogP contribution in [0.2, 0.25) is 0 Å². The van der Waals surface area contributed by atoms with E-state index in [9.17, 15) is 0 Å². The van der Waals surface area contributed by atoms with E-state index in [0.29, 0.717) is 6.04 Å². The lowest BCUT2D eigenvalue weighted by atomic mass is 10.0. The SMILES string of the molecule is Cc1cccc(CNC2CCN(c3ccccc3)CC2)n1. The van der Waals surface area contributed by atoms with E-state index in [-0.39, 0.29) is 0 Å². The predicted octanol–water partition coefficient (Wildman–Crippen LogP) is 3.15. The lowest BCUT2D eigenvalue weighted by Crippen LogP contribution is -2.42. The van der Waals surface area contributed by atoms with Gasteiger partial charge in [0.2, 0.25) is 0 Å². The summed E-state index contributed by atoms with van der Waals surface area (Å²) >= 11 is 0. The molecule has 0 spiro atoms. The van der Waals surface area contributed by atoms with Crippen molar-refractivity contribution in [3.05, 3.63) is 59.9 Å². The quantitative estimate of drug-likeness (QED) is 0.933. The third kappa shape index (κ3) is 3.82. The molecule has 0 aliphatic carbocycles. The summed E-state index contributed by atoms with van der Waals surface area (Å²) in [7, 11) is 0. The summed E-state index contributed by atoms with van der Waals surface area (Å²) in [6.45, 7) is 5.17. The second-order valence-corrected chi connectivity index (χ2v) is 5.75. The van der Waals surface area contributed by atoms with E-state index in [2.05, 4.69) is 57.7 Å². The number of hydrogen-bond donors (Lipinski definition) is 1. The molecule has 21 heavy (non-hydrogen) atoms. The van der Waals surface area contributed by atoms with Crippen molar-refractivity contribution in [2.24, 2.45) is 0 Å². The average Bonchev–Trinajstić information content (AvgIpc) is 2.54. The third-order valence-corrected chi connectivity index (χ3v) is 4.13. The van der Waals surface area contributed by atoms with Crippen LogP contribution in [0, 0.1) is 6.92 Å². The van der Waals surface area contributed by atoms with E-state index in [1.807, 2.05) is 13.0 Å². The van der Waals surface area contributed by atoms with Gasteiger partial charge in [0.25, 0.3) is 0 Å². The Hall–Kier alpha value is -1.87. The highest BCUT2D eigenvalue weighted by Crippen LogP contribution is 2.19. The largest absolute Gasteiger partial charge is 0.371 e. The smallest absolute Gasteiger partial charge is 0.0544 e. The monoisotopic (exact) mass is 281 g/mol. The van der Waals surface area contributed by atoms with Gasteiger partial charge in [-0.3, -0.25) is 4.98 Å². The van der Waals surface area contributed by atoms with Crippen LogP contribution in [-0.2, 0) is 6.54 Å². The molecular weight excluding hydrogens is 258 g/mol. The maximum Gasteiger partial charge on any atom is 0.0544 e. The summed E-state index contributed by atoms with van der Waals surface area (Å²) in [6, 6.07) is 17.5. The molecular formula is C18H23N3. The van der Waals surface area contributed by atoms with Crippen molar-refractivity contribution in [2.75, 3.05) is 18.0 Å². The fraction of sp³-hybridized carbons (Fsp3) is 0.389. The number of aromatic nitrogens is 1. The van der Waals surface area contributed by atoms with Crippen LogP contribution in [0.25, 0.3) is 0 Å². The van der Waals surface area contributed by atoms with Crippen molar-refractivity contribution in [1.29, 1.82) is 0 Å². The van der Waals surface area contributed by atoms with Crippen LogP contribution >= 0.6 is 0 Å². The highest BCUT2D eigenvalue weighted by atomic mass is 15.1. The highest BCUT2D eigenvalue weighted by Gasteiger charge is 2.18. The summed E-state index contributed by atoms with van der Waals surface area (Å²) in [5.41, 5.74) is 3.57. The lowest BCUT2D eigenvalue weighted by molar-refractivity contribution is 0.412. The number of rotatable bonds is 4. The molecule has 0 saturated carbocycles. The van der Waals surface area contributed by atoms with Crippen molar-refractivity contribution in [2.45, 2.75) is 32.4 Å². The van der Waals surface area contributed by atoms with Gasteiger partial charge in [0.1, 0.15) is 0 Å². The molecule has 1 aliphatic rings. The lowest BCUT2D eigenvalue weighted by Gasteiger charge is -2.34. The molecule has 3 heteroatoms. The number of piperidine rings is 1. The third-order valence-electron chi connectivity index (χ3n) is 4.13. The molecule has 0 atom stereocenters. The minimum Gasteiger partial charge on any atom is -0.371 e. The zero-order valence-corrected chi connectivity index (χ0v) is 12.6. The Labute approximate surface area is 127 Å². The van der Waals surface area contributed by atoms with Crippen molar-refractivity contribution in [1.82, 2.24) is 10.3 Å². The van der Waals surface area contributed by atoms with Crippen LogP contribution in [0.3, 0.4) is 0 Å². The van der Waals surface area contributed by atoms with Gasteiger partial charge in [-0.25, -0.2) is 0 Å². The van der Waals surface area contributed by atoms with E-state index in [1.165, 1.54) is 18.5 Å². The molecule has 1 N–H and O–H groups in total. The van der Waals surface area contributed by atoms with Crippen LogP contribution in [0.4, 0.5) is 5.69 Å². The molecule has 1 aromatic heterocycles. The zero-order chi connectivity index (χ0) is 14.5. The Morgan fingerprint density at radius 3 is 2.52 bits per heavy atom. The molecule has 0 unspecified atom stereocenters. The molecule has 1 fully saturated rings. The number of anilines is 1. The molecule has 1 aromatic carbocycles. The van der Waals surface area contributed by atoms with Gasteiger partial charge < -0.3 is 10.2 Å². The maximum atomic E-state index is 4.55. The minimum atomic E-state index is 0.604. The van der Waals surface area contributed by atoms with Crippen molar-refractivity contribution in [3.63, 3.8) is 0 Å². The maximum absolute atomic E-state index is 4.55. The van der Waals surface area contributed by atoms with E-state index in [0.717, 1.165) is 31.0 Å². The van der Waals surface area contributed by atoms with Crippen LogP contribution in [0.5, 0.6) is 0 Å². The minimum absolute atomic E-state index is 0.604. The summed E-state index contributed by atoms with van der Waals surface area (Å²) in [6.07, 6.45) is 2.39. The summed E-state index contributed by atoms with van der Waals surface area (Å²) < 4.78 is 0. The molecule has 0 radical (unpaired) electrons. The Kier molecular flexibility index (Phi) is 4.51. The molecule has 0 amide bonds. The molecule has 1 saturated heterocycles. The number of hydrogen-bond acceptors (Lipinski definition) is 3. The van der Waals surface area contributed by atoms with Gasteiger partial charge >= 0.3 is 0 Å². The van der Waals surface area contributed by atoms with Crippen LogP contribution < -0.4 is 10.2 Å². The molecule has 110 valence electrons. The van der Waals surface area contributed by atoms with Crippen molar-refractivity contribution in [3.8, 4) is 0 Å². The molecule has 1 aliphatic heterocycles. The van der Waals surface area contributed by atoms with Crippen molar-refractivity contribution >= 4 is 5.69 Å². The van der Waals surface area contributed by atoms with Gasteiger partial charge in [0.15, 0.2) is 0 Å². The number of pyridine rings is 1. The molecule has 2 heterocycles. The van der Waals surface area contributed by atoms with Crippen molar-refractivity contribution < 1.29 is 0 Å². The van der Waals surface area contributed by atoms with Crippen LogP contribution in [-0.4, -0.2) is 24.1 Å². The first kappa shape index (κ1) is 14.1. The predicted molar refractivity (Wildman–Crippen MR) is 87.5 cm³/mol. The van der Waals surface area contributed by atoms with Gasteiger partial charge in [-0.15, -0.1) is 0 Å². The fourth-order valence-electron chi connectivity index (χ4n) is 2.93. The van der Waals surface area contributed by atoms with E-state index < -0.39 is 0 Å². The summed E-state index contributed by atoms with van der Waals surface area (Å²) in [5.74, 6) is 0. The second-order valence-electron chi connectivity index (χ2n) is 5.75. The zero-order valence-electron chi connectivity index (χ0n) is 12.6. The first-order valence-electron chi connectivity index (χ1n) is 7.77. The molecule has 2 aromatic rings. The number of nitrogens with one attached hydrogen (secondary N) is 1. The summed E-state index contributed by atoms with van der Waals surface area (Å²) in [5, 5.41) is 3.65. The van der Waals surface area contributed by atoms with Gasteiger partial charge in [0.05, 0.1) is 5.69 Å². The first-order chi connectivity index (χ1) is 10.3. The topological polar surface area (TPSA) is 28.2 Å². The molecule has 3 rings (SSSR count). The first-order valence-corrected chi connectivity index (χ1v) is 7.77. The van der Waals surface area contributed by atoms with Gasteiger partial charge in [0, 0.05) is 37.1 Å². The normalized spacial score (nSPS) is 16.1. The standard InChI is InChI=1S/C18H23N3/c1-15-6-5-7-17(20-15)14-19-16-10-12-21(13-11-16)18-8-3-2-4-9-18/h2-9,16,19H,10-14H2,1H3. The fourth-order valence-corrected chi connectivity index (χ4v) is 2.93. The Balaban J connectivity index is 1.48. The van der Waals surface area contributed by atoms with E-state index in [1.54, 1.807) is 0 Å². The van der Waals surface area contributed by atoms with Gasteiger partial charge in [-0.2, -0.15) is 0 Å². The van der Waals surface area contributed by atoms with E-state index in [4.69, 9.17) is 0 Å². The molecule has 0 bridgehead atoms. The Bertz CT molecular complexity index is 560. The summed E-state index contributed by atoms with van der Waals surface area (Å²) in [4.78, 5) is 7.02. The Morgan fingerprint density at radius 2 is 1.81 bits per heavy atom. The van der Waals surface area contributed by atoms with Gasteiger partial charge in [-0.1, -0.05) is 24.3 Å². The average molecular weight is 281 g/mol. The number of aryl methyl sites for hydroxylation is 1. The highest BCUT2D eigenvalue weighted by molar-refractivity contribution is 5.46. The van der Waals surface area contributed by atoms with E-state index >= 15 is 0 Å². The number of benzene rings is 1. The number of para-hydroxylation sites is 1. The second kappa shape index (κ2) is 6.72. The van der Waals surface area contributed by atoms with Gasteiger partial charge in [-0.05, 0) is 44.0 Å². The number of nitrogens with zero attached hydrogens (tertiary/aromatic N) is 2. The van der Waals surface area contributed by atoms with Crippen LogP contribution in [0.1, 0.15) is 24.2 Å². The molecule has 3 nitrogen and oxygen atoms in total. The van der Waals surface area contributed by atoms with Crippen LogP contribution in [0.15, 0.2) is 48.5 Å². The Morgan fingerprint density at radius 1 is 1.05 bits per heavy atom.